The highest BCUT2D eigenvalue weighted by molar-refractivity contribution is 5.24. The van der Waals surface area contributed by atoms with E-state index in [4.69, 9.17) is 0 Å². The second-order valence-electron chi connectivity index (χ2n) is 11.8. The number of nitrogens with zero attached hydrogens (tertiary/aromatic N) is 2. The quantitative estimate of drug-likeness (QED) is 0.530. The van der Waals surface area contributed by atoms with E-state index in [-0.39, 0.29) is 5.41 Å². The molecule has 0 bridgehead atoms. The Balaban J connectivity index is 1.49. The average molecular weight is 403 g/mol. The Kier molecular flexibility index (Phi) is 7.43. The Morgan fingerprint density at radius 1 is 0.966 bits per heavy atom. The van der Waals surface area contributed by atoms with Gasteiger partial charge in [-0.25, -0.2) is 4.39 Å². The second-order valence-corrected chi connectivity index (χ2v) is 11.8. The van der Waals surface area contributed by atoms with E-state index in [1.54, 1.807) is 0 Å². The fraction of sp³-hybridized carbons (Fsp3) is 0.769. The first-order valence-corrected chi connectivity index (χ1v) is 11.7. The number of likely N-dealkylation sites (tertiary alicyclic amines) is 2. The summed E-state index contributed by atoms with van der Waals surface area (Å²) in [5.74, 6) is 0.853. The highest BCUT2D eigenvalue weighted by Crippen LogP contribution is 2.31. The number of hydrogen-bond acceptors (Lipinski definition) is 2. The first-order valence-electron chi connectivity index (χ1n) is 11.7. The van der Waals surface area contributed by atoms with Gasteiger partial charge in [0.2, 0.25) is 0 Å². The van der Waals surface area contributed by atoms with Crippen LogP contribution in [0.25, 0.3) is 0 Å². The van der Waals surface area contributed by atoms with Crippen LogP contribution < -0.4 is 0 Å². The molecule has 2 atom stereocenters. The average Bonchev–Trinajstić information content (AvgIpc) is 3.20. The van der Waals surface area contributed by atoms with Crippen molar-refractivity contribution < 1.29 is 4.39 Å². The topological polar surface area (TPSA) is 6.48 Å². The van der Waals surface area contributed by atoms with Gasteiger partial charge in [0.15, 0.2) is 0 Å². The standard InChI is InChI=1S/C26H43FN2/c1-25(2,3)16-23-9-12-29(19-23)18-22-8-6-7-21(15-22)17-26(4,5)11-14-28-13-10-24(27)20-28/h6-8,15,23-24H,9-14,16-20H2,1-5H3. The minimum absolute atomic E-state index is 0.248. The normalized spacial score (nSPS) is 24.5. The van der Waals surface area contributed by atoms with Gasteiger partial charge >= 0.3 is 0 Å². The summed E-state index contributed by atoms with van der Waals surface area (Å²) in [7, 11) is 0. The highest BCUT2D eigenvalue weighted by atomic mass is 19.1. The van der Waals surface area contributed by atoms with E-state index in [2.05, 4.69) is 68.7 Å². The van der Waals surface area contributed by atoms with Crippen LogP contribution in [0, 0.1) is 16.7 Å². The Labute approximate surface area is 178 Å². The molecule has 29 heavy (non-hydrogen) atoms. The summed E-state index contributed by atoms with van der Waals surface area (Å²) in [6.45, 7) is 18.0. The van der Waals surface area contributed by atoms with E-state index in [0.29, 0.717) is 12.0 Å². The molecule has 2 heterocycles. The fourth-order valence-corrected chi connectivity index (χ4v) is 5.28. The van der Waals surface area contributed by atoms with Gasteiger partial charge in [-0.2, -0.15) is 0 Å². The lowest BCUT2D eigenvalue weighted by Crippen LogP contribution is -2.28. The summed E-state index contributed by atoms with van der Waals surface area (Å²) < 4.78 is 13.4. The number of benzene rings is 1. The van der Waals surface area contributed by atoms with E-state index in [9.17, 15) is 4.39 Å². The van der Waals surface area contributed by atoms with Gasteiger partial charge in [0.1, 0.15) is 6.17 Å². The van der Waals surface area contributed by atoms with Crippen LogP contribution in [0.1, 0.15) is 71.4 Å². The Hall–Kier alpha value is -0.930. The minimum Gasteiger partial charge on any atom is -0.300 e. The fourth-order valence-electron chi connectivity index (χ4n) is 5.28. The van der Waals surface area contributed by atoms with Crippen LogP contribution in [0.5, 0.6) is 0 Å². The minimum atomic E-state index is -0.608. The summed E-state index contributed by atoms with van der Waals surface area (Å²) >= 11 is 0. The van der Waals surface area contributed by atoms with Crippen LogP contribution in [0.3, 0.4) is 0 Å². The molecule has 2 unspecified atom stereocenters. The van der Waals surface area contributed by atoms with Gasteiger partial charge in [-0.05, 0) is 73.1 Å². The zero-order chi connectivity index (χ0) is 21.1. The molecule has 1 aromatic carbocycles. The van der Waals surface area contributed by atoms with E-state index >= 15 is 0 Å². The van der Waals surface area contributed by atoms with Crippen LogP contribution in [-0.2, 0) is 13.0 Å². The molecule has 2 aliphatic heterocycles. The van der Waals surface area contributed by atoms with E-state index in [1.807, 2.05) is 0 Å². The molecule has 2 aliphatic rings. The molecule has 2 nitrogen and oxygen atoms in total. The summed E-state index contributed by atoms with van der Waals surface area (Å²) in [5, 5.41) is 0. The summed E-state index contributed by atoms with van der Waals surface area (Å²) in [6.07, 6.45) is 5.02. The van der Waals surface area contributed by atoms with E-state index in [1.165, 1.54) is 37.1 Å². The van der Waals surface area contributed by atoms with Gasteiger partial charge in [-0.3, -0.25) is 4.90 Å². The monoisotopic (exact) mass is 402 g/mol. The van der Waals surface area contributed by atoms with Crippen LogP contribution in [0.2, 0.25) is 0 Å². The van der Waals surface area contributed by atoms with Crippen molar-refractivity contribution in [1.29, 1.82) is 0 Å². The van der Waals surface area contributed by atoms with Crippen molar-refractivity contribution in [1.82, 2.24) is 9.80 Å². The lowest BCUT2D eigenvalue weighted by atomic mass is 9.82. The molecule has 0 amide bonds. The summed E-state index contributed by atoms with van der Waals surface area (Å²) in [5.41, 5.74) is 3.59. The van der Waals surface area contributed by atoms with Crippen molar-refractivity contribution in [2.45, 2.75) is 79.4 Å². The lowest BCUT2D eigenvalue weighted by molar-refractivity contribution is 0.232. The summed E-state index contributed by atoms with van der Waals surface area (Å²) in [4.78, 5) is 4.94. The lowest BCUT2D eigenvalue weighted by Gasteiger charge is -2.28. The largest absolute Gasteiger partial charge is 0.300 e. The zero-order valence-electron chi connectivity index (χ0n) is 19.5. The zero-order valence-corrected chi connectivity index (χ0v) is 19.5. The molecule has 2 fully saturated rings. The molecule has 0 spiro atoms. The molecule has 0 aromatic heterocycles. The molecule has 0 N–H and O–H groups in total. The van der Waals surface area contributed by atoms with Gasteiger partial charge in [-0.1, -0.05) is 58.9 Å². The maximum Gasteiger partial charge on any atom is 0.114 e. The first-order chi connectivity index (χ1) is 13.6. The molecule has 0 saturated carbocycles. The van der Waals surface area contributed by atoms with E-state index < -0.39 is 6.17 Å². The Bertz CT molecular complexity index is 648. The third kappa shape index (κ3) is 7.68. The van der Waals surface area contributed by atoms with Gasteiger partial charge in [0, 0.05) is 26.2 Å². The molecular formula is C26H43FN2. The molecule has 0 aliphatic carbocycles. The van der Waals surface area contributed by atoms with Crippen molar-refractivity contribution in [3.05, 3.63) is 35.4 Å². The van der Waals surface area contributed by atoms with E-state index in [0.717, 1.165) is 44.8 Å². The van der Waals surface area contributed by atoms with Crippen LogP contribution in [0.15, 0.2) is 24.3 Å². The van der Waals surface area contributed by atoms with Crippen LogP contribution in [0.4, 0.5) is 4.39 Å². The molecule has 164 valence electrons. The number of alkyl halides is 1. The molecule has 1 aromatic rings. The van der Waals surface area contributed by atoms with Crippen molar-refractivity contribution in [3.8, 4) is 0 Å². The molecular weight excluding hydrogens is 359 g/mol. The number of rotatable bonds is 8. The maximum absolute atomic E-state index is 13.4. The van der Waals surface area contributed by atoms with Gasteiger partial charge in [0.25, 0.3) is 0 Å². The molecule has 0 radical (unpaired) electrons. The smallest absolute Gasteiger partial charge is 0.114 e. The number of hydrogen-bond donors (Lipinski definition) is 0. The predicted molar refractivity (Wildman–Crippen MR) is 122 cm³/mol. The Morgan fingerprint density at radius 2 is 1.69 bits per heavy atom. The van der Waals surface area contributed by atoms with Crippen molar-refractivity contribution in [2.75, 3.05) is 32.7 Å². The van der Waals surface area contributed by atoms with Gasteiger partial charge < -0.3 is 4.90 Å². The molecule has 2 saturated heterocycles. The third-order valence-electron chi connectivity index (χ3n) is 6.67. The summed E-state index contributed by atoms with van der Waals surface area (Å²) in [6, 6.07) is 9.23. The van der Waals surface area contributed by atoms with Crippen molar-refractivity contribution >= 4 is 0 Å². The molecule has 3 heteroatoms. The number of halogens is 1. The first kappa shape index (κ1) is 22.7. The van der Waals surface area contributed by atoms with Crippen LogP contribution in [-0.4, -0.2) is 48.7 Å². The van der Waals surface area contributed by atoms with Gasteiger partial charge in [-0.15, -0.1) is 0 Å². The predicted octanol–water partition coefficient (Wildman–Crippen LogP) is 5.95. The third-order valence-corrected chi connectivity index (χ3v) is 6.67. The Morgan fingerprint density at radius 3 is 2.38 bits per heavy atom. The van der Waals surface area contributed by atoms with Gasteiger partial charge in [0.05, 0.1) is 0 Å². The SMILES string of the molecule is CC(C)(C)CC1CCN(Cc2cccc(CC(C)(C)CCN3CCC(F)C3)c2)C1. The maximum atomic E-state index is 13.4. The van der Waals surface area contributed by atoms with Crippen molar-refractivity contribution in [2.24, 2.45) is 16.7 Å². The van der Waals surface area contributed by atoms with Crippen molar-refractivity contribution in [3.63, 3.8) is 0 Å². The molecule has 3 rings (SSSR count). The second kappa shape index (κ2) is 9.47. The highest BCUT2D eigenvalue weighted by Gasteiger charge is 2.27. The van der Waals surface area contributed by atoms with Crippen LogP contribution >= 0.6 is 0 Å².